The first-order valence-corrected chi connectivity index (χ1v) is 11.9. The van der Waals surface area contributed by atoms with Gasteiger partial charge in [-0.05, 0) is 55.0 Å². The number of benzene rings is 3. The number of ether oxygens (including phenoxy) is 1. The molecule has 162 valence electrons. The van der Waals surface area contributed by atoms with Gasteiger partial charge < -0.3 is 4.74 Å². The summed E-state index contributed by atoms with van der Waals surface area (Å²) in [7, 11) is -3.84. The van der Waals surface area contributed by atoms with E-state index < -0.39 is 16.1 Å². The van der Waals surface area contributed by atoms with Gasteiger partial charge in [0.05, 0.1) is 28.5 Å². The van der Waals surface area contributed by atoms with Crippen LogP contribution in [0.2, 0.25) is 5.02 Å². The third kappa shape index (κ3) is 3.53. The van der Waals surface area contributed by atoms with Crippen molar-refractivity contribution in [1.29, 1.82) is 0 Å². The molecule has 0 spiro atoms. The Hall–Kier alpha value is -3.29. The molecule has 1 aromatic heterocycles. The summed E-state index contributed by atoms with van der Waals surface area (Å²) in [6.07, 6.45) is 1.67. The molecular weight excluding hydrogens is 446 g/mol. The summed E-state index contributed by atoms with van der Waals surface area (Å²) < 4.78 is 34.7. The summed E-state index contributed by atoms with van der Waals surface area (Å²) in [6.45, 7) is 2.27. The van der Waals surface area contributed by atoms with Crippen molar-refractivity contribution in [1.82, 2.24) is 10.2 Å². The SMILES string of the molecule is CC1c2cn[nH]c2-c2cc(OCc3ccccc3)ccc2N1S(=O)(=O)c1ccc(Cl)cc1. The highest BCUT2D eigenvalue weighted by Crippen LogP contribution is 2.47. The monoisotopic (exact) mass is 465 g/mol. The Morgan fingerprint density at radius 1 is 1.06 bits per heavy atom. The predicted octanol–water partition coefficient (Wildman–Crippen LogP) is 5.58. The number of sulfonamides is 1. The minimum Gasteiger partial charge on any atom is -0.489 e. The van der Waals surface area contributed by atoms with Crippen LogP contribution in [-0.2, 0) is 16.6 Å². The van der Waals surface area contributed by atoms with Crippen LogP contribution in [0.25, 0.3) is 11.3 Å². The van der Waals surface area contributed by atoms with E-state index in [9.17, 15) is 8.42 Å². The number of aromatic nitrogens is 2. The Morgan fingerprint density at radius 2 is 1.81 bits per heavy atom. The van der Waals surface area contributed by atoms with Gasteiger partial charge in [-0.2, -0.15) is 5.10 Å². The lowest BCUT2D eigenvalue weighted by molar-refractivity contribution is 0.306. The molecule has 2 heterocycles. The van der Waals surface area contributed by atoms with E-state index in [1.54, 1.807) is 30.5 Å². The molecular formula is C24H20ClN3O3S. The highest BCUT2D eigenvalue weighted by Gasteiger charge is 2.38. The van der Waals surface area contributed by atoms with Crippen molar-refractivity contribution in [3.63, 3.8) is 0 Å². The topological polar surface area (TPSA) is 75.3 Å². The van der Waals surface area contributed by atoms with E-state index in [0.717, 1.165) is 22.4 Å². The number of halogens is 1. The number of H-pyrrole nitrogens is 1. The van der Waals surface area contributed by atoms with E-state index in [-0.39, 0.29) is 4.90 Å². The molecule has 1 atom stereocenters. The van der Waals surface area contributed by atoms with Gasteiger partial charge in [0.25, 0.3) is 10.0 Å². The van der Waals surface area contributed by atoms with Gasteiger partial charge in [-0.1, -0.05) is 41.9 Å². The largest absolute Gasteiger partial charge is 0.489 e. The average molecular weight is 466 g/mol. The third-order valence-electron chi connectivity index (χ3n) is 5.56. The maximum atomic E-state index is 13.6. The normalized spacial score (nSPS) is 15.2. The molecule has 1 aliphatic rings. The third-order valence-corrected chi connectivity index (χ3v) is 7.71. The van der Waals surface area contributed by atoms with E-state index in [4.69, 9.17) is 16.3 Å². The zero-order valence-electron chi connectivity index (χ0n) is 17.2. The van der Waals surface area contributed by atoms with Gasteiger partial charge in [0, 0.05) is 16.1 Å². The maximum Gasteiger partial charge on any atom is 0.264 e. The first kappa shape index (κ1) is 20.6. The van der Waals surface area contributed by atoms with Crippen LogP contribution in [0.5, 0.6) is 5.75 Å². The molecule has 0 fully saturated rings. The smallest absolute Gasteiger partial charge is 0.264 e. The van der Waals surface area contributed by atoms with Gasteiger partial charge in [0.2, 0.25) is 0 Å². The zero-order valence-corrected chi connectivity index (χ0v) is 18.8. The molecule has 1 aliphatic heterocycles. The molecule has 1 unspecified atom stereocenters. The van der Waals surface area contributed by atoms with Crippen molar-refractivity contribution in [2.75, 3.05) is 4.31 Å². The molecule has 8 heteroatoms. The van der Waals surface area contributed by atoms with Crippen molar-refractivity contribution in [3.05, 3.63) is 95.1 Å². The van der Waals surface area contributed by atoms with Crippen LogP contribution in [0, 0.1) is 0 Å². The first-order valence-electron chi connectivity index (χ1n) is 10.1. The van der Waals surface area contributed by atoms with Crippen LogP contribution in [-0.4, -0.2) is 18.6 Å². The number of nitrogens with one attached hydrogen (secondary N) is 1. The van der Waals surface area contributed by atoms with E-state index in [1.165, 1.54) is 16.4 Å². The molecule has 1 N–H and O–H groups in total. The molecule has 0 radical (unpaired) electrons. The highest BCUT2D eigenvalue weighted by molar-refractivity contribution is 7.92. The van der Waals surface area contributed by atoms with Crippen molar-refractivity contribution < 1.29 is 13.2 Å². The molecule has 6 nitrogen and oxygen atoms in total. The summed E-state index contributed by atoms with van der Waals surface area (Å²) in [5, 5.41) is 7.67. The summed E-state index contributed by atoms with van der Waals surface area (Å²) in [5.74, 6) is 0.645. The van der Waals surface area contributed by atoms with E-state index >= 15 is 0 Å². The van der Waals surface area contributed by atoms with Gasteiger partial charge in [-0.25, -0.2) is 8.42 Å². The fourth-order valence-electron chi connectivity index (χ4n) is 3.96. The molecule has 0 saturated heterocycles. The minimum atomic E-state index is -3.84. The lowest BCUT2D eigenvalue weighted by Crippen LogP contribution is -2.36. The molecule has 3 aromatic carbocycles. The van der Waals surface area contributed by atoms with Gasteiger partial charge in [-0.3, -0.25) is 9.40 Å². The van der Waals surface area contributed by atoms with Crippen LogP contribution in [0.15, 0.2) is 83.9 Å². The van der Waals surface area contributed by atoms with Crippen LogP contribution < -0.4 is 9.04 Å². The lowest BCUT2D eigenvalue weighted by Gasteiger charge is -2.35. The predicted molar refractivity (Wildman–Crippen MR) is 124 cm³/mol. The zero-order chi connectivity index (χ0) is 22.3. The number of hydrogen-bond donors (Lipinski definition) is 1. The molecule has 0 aliphatic carbocycles. The average Bonchev–Trinajstić information content (AvgIpc) is 3.30. The molecule has 0 saturated carbocycles. The summed E-state index contributed by atoms with van der Waals surface area (Å²) in [6, 6.07) is 21.1. The Bertz CT molecular complexity index is 1370. The first-order chi connectivity index (χ1) is 15.4. The Balaban J connectivity index is 1.56. The van der Waals surface area contributed by atoms with Crippen molar-refractivity contribution in [3.8, 4) is 17.0 Å². The maximum absolute atomic E-state index is 13.6. The highest BCUT2D eigenvalue weighted by atomic mass is 35.5. The quantitative estimate of drug-likeness (QED) is 0.417. The second-order valence-electron chi connectivity index (χ2n) is 7.58. The van der Waals surface area contributed by atoms with Crippen LogP contribution in [0.4, 0.5) is 5.69 Å². The van der Waals surface area contributed by atoms with Gasteiger partial charge >= 0.3 is 0 Å². The van der Waals surface area contributed by atoms with Crippen LogP contribution in [0.1, 0.15) is 24.1 Å². The molecule has 32 heavy (non-hydrogen) atoms. The number of hydrogen-bond acceptors (Lipinski definition) is 4. The van der Waals surface area contributed by atoms with Crippen LogP contribution in [0.3, 0.4) is 0 Å². The summed E-state index contributed by atoms with van der Waals surface area (Å²) >= 11 is 5.97. The van der Waals surface area contributed by atoms with E-state index in [0.29, 0.717) is 23.1 Å². The summed E-state index contributed by atoms with van der Waals surface area (Å²) in [5.41, 5.74) is 3.93. The van der Waals surface area contributed by atoms with Crippen LogP contribution >= 0.6 is 11.6 Å². The number of anilines is 1. The van der Waals surface area contributed by atoms with Gasteiger partial charge in [0.1, 0.15) is 12.4 Å². The van der Waals surface area contributed by atoms with Crippen molar-refractivity contribution in [2.24, 2.45) is 0 Å². The second-order valence-corrected chi connectivity index (χ2v) is 9.84. The molecule has 0 bridgehead atoms. The fourth-order valence-corrected chi connectivity index (χ4v) is 5.74. The van der Waals surface area contributed by atoms with Crippen molar-refractivity contribution in [2.45, 2.75) is 24.5 Å². The number of nitrogens with zero attached hydrogens (tertiary/aromatic N) is 2. The van der Waals surface area contributed by atoms with Gasteiger partial charge in [0.15, 0.2) is 0 Å². The Kier molecular flexibility index (Phi) is 5.15. The lowest BCUT2D eigenvalue weighted by atomic mass is 9.97. The number of rotatable bonds is 5. The Labute approximate surface area is 191 Å². The fraction of sp³-hybridized carbons (Fsp3) is 0.125. The second kappa shape index (κ2) is 8.00. The summed E-state index contributed by atoms with van der Waals surface area (Å²) in [4.78, 5) is 0.177. The van der Waals surface area contributed by atoms with Crippen molar-refractivity contribution >= 4 is 27.3 Å². The number of fused-ring (bicyclic) bond motifs is 3. The van der Waals surface area contributed by atoms with E-state index in [2.05, 4.69) is 10.2 Å². The molecule has 4 aromatic rings. The Morgan fingerprint density at radius 3 is 2.56 bits per heavy atom. The number of aromatic amines is 1. The molecule has 5 rings (SSSR count). The van der Waals surface area contributed by atoms with E-state index in [1.807, 2.05) is 43.3 Å². The minimum absolute atomic E-state index is 0.177. The standard InChI is InChI=1S/C24H20ClN3O3S/c1-16-22-14-26-27-24(22)21-13-19(31-15-17-5-3-2-4-6-17)9-12-23(21)28(16)32(29,30)20-10-7-18(25)8-11-20/h2-14,16H,15H2,1H3,(H,26,27). The van der Waals surface area contributed by atoms with Gasteiger partial charge in [-0.15, -0.1) is 0 Å². The molecule has 0 amide bonds.